The molecule has 1 heterocycles. The van der Waals surface area contributed by atoms with E-state index >= 15 is 0 Å². The van der Waals surface area contributed by atoms with Gasteiger partial charge in [-0.05, 0) is 18.5 Å². The fraction of sp³-hybridized carbons (Fsp3) is 0.533. The Morgan fingerprint density at radius 1 is 1.45 bits per heavy atom. The number of carbonyl (C=O) groups is 1. The maximum Gasteiger partial charge on any atom is 0.404 e. The Labute approximate surface area is 119 Å². The molecule has 0 aliphatic carbocycles. The SMILES string of the molecule is CC1(CNC(=O)O)CCN(Cc2ccccc2)CC1O. The predicted molar refractivity (Wildman–Crippen MR) is 76.5 cm³/mol. The number of aliphatic hydroxyl groups is 1. The van der Waals surface area contributed by atoms with Crippen LogP contribution < -0.4 is 5.32 Å². The molecule has 2 unspecified atom stereocenters. The number of carboxylic acid groups (broad SMARTS) is 1. The van der Waals surface area contributed by atoms with Crippen LogP contribution in [0, 0.1) is 5.41 Å². The Morgan fingerprint density at radius 2 is 2.15 bits per heavy atom. The molecule has 1 aromatic carbocycles. The molecule has 1 aliphatic rings. The number of hydrogen-bond donors (Lipinski definition) is 3. The summed E-state index contributed by atoms with van der Waals surface area (Å²) in [6, 6.07) is 10.2. The minimum atomic E-state index is -1.04. The summed E-state index contributed by atoms with van der Waals surface area (Å²) in [6.07, 6.45) is -0.779. The van der Waals surface area contributed by atoms with Gasteiger partial charge in [0.1, 0.15) is 0 Å². The van der Waals surface area contributed by atoms with Gasteiger partial charge in [0.2, 0.25) is 0 Å². The molecule has 1 aromatic rings. The van der Waals surface area contributed by atoms with Crippen molar-refractivity contribution < 1.29 is 15.0 Å². The molecule has 0 radical (unpaired) electrons. The Bertz CT molecular complexity index is 452. The number of piperidine rings is 1. The van der Waals surface area contributed by atoms with E-state index in [0.717, 1.165) is 19.5 Å². The molecule has 1 saturated heterocycles. The maximum absolute atomic E-state index is 10.6. The second-order valence-electron chi connectivity index (χ2n) is 5.80. The summed E-state index contributed by atoms with van der Waals surface area (Å²) in [6.45, 7) is 4.49. The number of hydrogen-bond acceptors (Lipinski definition) is 3. The van der Waals surface area contributed by atoms with Crippen molar-refractivity contribution in [3.05, 3.63) is 35.9 Å². The van der Waals surface area contributed by atoms with E-state index in [1.54, 1.807) is 0 Å². The zero-order valence-electron chi connectivity index (χ0n) is 11.7. The van der Waals surface area contributed by atoms with Crippen molar-refractivity contribution in [3.8, 4) is 0 Å². The zero-order valence-corrected chi connectivity index (χ0v) is 11.7. The van der Waals surface area contributed by atoms with E-state index in [0.29, 0.717) is 13.1 Å². The molecular formula is C15H22N2O3. The third kappa shape index (κ3) is 3.71. The normalized spacial score (nSPS) is 27.2. The van der Waals surface area contributed by atoms with Crippen molar-refractivity contribution in [2.75, 3.05) is 19.6 Å². The van der Waals surface area contributed by atoms with Gasteiger partial charge in [0.25, 0.3) is 0 Å². The largest absolute Gasteiger partial charge is 0.465 e. The summed E-state index contributed by atoms with van der Waals surface area (Å²) in [5.41, 5.74) is 0.845. The van der Waals surface area contributed by atoms with Crippen LogP contribution in [0.2, 0.25) is 0 Å². The smallest absolute Gasteiger partial charge is 0.404 e. The summed E-state index contributed by atoms with van der Waals surface area (Å²) in [7, 11) is 0. The molecule has 3 N–H and O–H groups in total. The molecule has 5 nitrogen and oxygen atoms in total. The van der Waals surface area contributed by atoms with Crippen LogP contribution in [0.4, 0.5) is 4.79 Å². The van der Waals surface area contributed by atoms with Gasteiger partial charge in [-0.25, -0.2) is 4.79 Å². The molecule has 0 saturated carbocycles. The third-order valence-electron chi connectivity index (χ3n) is 4.13. The lowest BCUT2D eigenvalue weighted by Crippen LogP contribution is -2.53. The third-order valence-corrected chi connectivity index (χ3v) is 4.13. The topological polar surface area (TPSA) is 72.8 Å². The Kier molecular flexibility index (Phi) is 4.62. The molecule has 2 atom stereocenters. The molecule has 2 rings (SSSR count). The van der Waals surface area contributed by atoms with Crippen LogP contribution in [0.5, 0.6) is 0 Å². The van der Waals surface area contributed by atoms with Crippen LogP contribution in [-0.4, -0.2) is 46.9 Å². The maximum atomic E-state index is 10.6. The second-order valence-corrected chi connectivity index (χ2v) is 5.80. The van der Waals surface area contributed by atoms with E-state index in [2.05, 4.69) is 22.3 Å². The van der Waals surface area contributed by atoms with Crippen LogP contribution in [0.25, 0.3) is 0 Å². The molecule has 1 amide bonds. The van der Waals surface area contributed by atoms with Crippen molar-refractivity contribution >= 4 is 6.09 Å². The first kappa shape index (κ1) is 14.8. The zero-order chi connectivity index (χ0) is 14.6. The first-order chi connectivity index (χ1) is 9.49. The molecular weight excluding hydrogens is 256 g/mol. The van der Waals surface area contributed by atoms with Gasteiger partial charge >= 0.3 is 6.09 Å². The van der Waals surface area contributed by atoms with E-state index in [4.69, 9.17) is 5.11 Å². The molecule has 1 aliphatic heterocycles. The molecule has 0 aromatic heterocycles. The van der Waals surface area contributed by atoms with Gasteiger partial charge in [-0.15, -0.1) is 0 Å². The average molecular weight is 278 g/mol. The predicted octanol–water partition coefficient (Wildman–Crippen LogP) is 1.53. The number of nitrogens with zero attached hydrogens (tertiary/aromatic N) is 1. The highest BCUT2D eigenvalue weighted by atomic mass is 16.4. The number of likely N-dealkylation sites (tertiary alicyclic amines) is 1. The number of aliphatic hydroxyl groups excluding tert-OH is 1. The number of β-amino-alcohol motifs (C(OH)–C–C–N with tert-alkyl or cyclic N) is 1. The average Bonchev–Trinajstić information content (AvgIpc) is 2.42. The Balaban J connectivity index is 1.90. The van der Waals surface area contributed by atoms with E-state index < -0.39 is 12.2 Å². The molecule has 0 spiro atoms. The standard InChI is InChI=1S/C15H22N2O3/c1-15(11-16-14(19)20)7-8-17(10-13(15)18)9-12-5-3-2-4-6-12/h2-6,13,16,18H,7-11H2,1H3,(H,19,20). The van der Waals surface area contributed by atoms with Crippen molar-refractivity contribution in [2.45, 2.75) is 26.0 Å². The molecule has 1 fully saturated rings. The van der Waals surface area contributed by atoms with E-state index in [1.807, 2.05) is 25.1 Å². The number of nitrogens with one attached hydrogen (secondary N) is 1. The highest BCUT2D eigenvalue weighted by molar-refractivity contribution is 5.64. The summed E-state index contributed by atoms with van der Waals surface area (Å²) >= 11 is 0. The van der Waals surface area contributed by atoms with Crippen molar-refractivity contribution in [2.24, 2.45) is 5.41 Å². The summed E-state index contributed by atoms with van der Waals surface area (Å²) in [4.78, 5) is 12.8. The second kappa shape index (κ2) is 6.24. The minimum Gasteiger partial charge on any atom is -0.465 e. The van der Waals surface area contributed by atoms with Crippen LogP contribution >= 0.6 is 0 Å². The van der Waals surface area contributed by atoms with Crippen LogP contribution in [0.15, 0.2) is 30.3 Å². The molecule has 0 bridgehead atoms. The minimum absolute atomic E-state index is 0.294. The van der Waals surface area contributed by atoms with E-state index in [9.17, 15) is 9.90 Å². The van der Waals surface area contributed by atoms with Gasteiger partial charge in [-0.1, -0.05) is 37.3 Å². The lowest BCUT2D eigenvalue weighted by atomic mass is 9.77. The first-order valence-electron chi connectivity index (χ1n) is 6.91. The van der Waals surface area contributed by atoms with Crippen molar-refractivity contribution in [3.63, 3.8) is 0 Å². The highest BCUT2D eigenvalue weighted by Crippen LogP contribution is 2.31. The van der Waals surface area contributed by atoms with Crippen molar-refractivity contribution in [1.82, 2.24) is 10.2 Å². The molecule has 5 heteroatoms. The molecule has 110 valence electrons. The fourth-order valence-corrected chi connectivity index (χ4v) is 2.61. The highest BCUT2D eigenvalue weighted by Gasteiger charge is 2.38. The fourth-order valence-electron chi connectivity index (χ4n) is 2.61. The Morgan fingerprint density at radius 3 is 2.75 bits per heavy atom. The summed E-state index contributed by atoms with van der Waals surface area (Å²) < 4.78 is 0. The van der Waals surface area contributed by atoms with Gasteiger partial charge in [-0.3, -0.25) is 4.90 Å². The van der Waals surface area contributed by atoms with Gasteiger partial charge in [0.05, 0.1) is 6.10 Å². The van der Waals surface area contributed by atoms with Crippen LogP contribution in [-0.2, 0) is 6.54 Å². The van der Waals surface area contributed by atoms with Crippen molar-refractivity contribution in [1.29, 1.82) is 0 Å². The van der Waals surface area contributed by atoms with Gasteiger partial charge in [0, 0.05) is 25.0 Å². The quantitative estimate of drug-likeness (QED) is 0.781. The van der Waals surface area contributed by atoms with E-state index in [-0.39, 0.29) is 5.41 Å². The summed E-state index contributed by atoms with van der Waals surface area (Å²) in [5, 5.41) is 21.4. The first-order valence-corrected chi connectivity index (χ1v) is 6.91. The Hall–Kier alpha value is -1.59. The van der Waals surface area contributed by atoms with Crippen LogP contribution in [0.3, 0.4) is 0 Å². The monoisotopic (exact) mass is 278 g/mol. The number of rotatable bonds is 4. The summed E-state index contributed by atoms with van der Waals surface area (Å²) in [5.74, 6) is 0. The van der Waals surface area contributed by atoms with Gasteiger partial charge in [-0.2, -0.15) is 0 Å². The van der Waals surface area contributed by atoms with Crippen LogP contribution in [0.1, 0.15) is 18.9 Å². The van der Waals surface area contributed by atoms with Gasteiger partial charge < -0.3 is 15.5 Å². The lowest BCUT2D eigenvalue weighted by molar-refractivity contribution is -0.0364. The van der Waals surface area contributed by atoms with Gasteiger partial charge in [0.15, 0.2) is 0 Å². The lowest BCUT2D eigenvalue weighted by Gasteiger charge is -2.43. The van der Waals surface area contributed by atoms with E-state index in [1.165, 1.54) is 5.56 Å². The number of benzene rings is 1. The molecule has 20 heavy (non-hydrogen) atoms. The number of amides is 1.